The average Bonchev–Trinajstić information content (AvgIpc) is 2.77. The van der Waals surface area contributed by atoms with Crippen molar-refractivity contribution in [2.45, 2.75) is 52.4 Å². The number of carbonyl (C=O) groups is 1. The third-order valence-corrected chi connectivity index (χ3v) is 3.90. The SMILES string of the molecule is CC(=O)Nc1noc2ccc(COC(C)(C)C(C)(C)O)cc12. The number of nitrogens with one attached hydrogen (secondary N) is 1. The molecule has 6 nitrogen and oxygen atoms in total. The van der Waals surface area contributed by atoms with E-state index in [0.717, 1.165) is 10.9 Å². The van der Waals surface area contributed by atoms with Crippen molar-refractivity contribution < 1.29 is 19.2 Å². The highest BCUT2D eigenvalue weighted by molar-refractivity contribution is 5.98. The van der Waals surface area contributed by atoms with Crippen LogP contribution in [-0.4, -0.2) is 27.4 Å². The van der Waals surface area contributed by atoms with Crippen LogP contribution >= 0.6 is 0 Å². The molecule has 0 bridgehead atoms. The zero-order valence-corrected chi connectivity index (χ0v) is 13.6. The highest BCUT2D eigenvalue weighted by atomic mass is 16.5. The lowest BCUT2D eigenvalue weighted by Crippen LogP contribution is -2.47. The van der Waals surface area contributed by atoms with E-state index in [0.29, 0.717) is 18.0 Å². The first-order valence-corrected chi connectivity index (χ1v) is 7.12. The topological polar surface area (TPSA) is 84.6 Å². The van der Waals surface area contributed by atoms with Crippen molar-refractivity contribution in [3.63, 3.8) is 0 Å². The van der Waals surface area contributed by atoms with Crippen LogP contribution < -0.4 is 5.32 Å². The third kappa shape index (κ3) is 3.45. The number of carbonyl (C=O) groups excluding carboxylic acids is 1. The van der Waals surface area contributed by atoms with E-state index >= 15 is 0 Å². The largest absolute Gasteiger partial charge is 0.387 e. The van der Waals surface area contributed by atoms with E-state index in [1.807, 2.05) is 26.0 Å². The Morgan fingerprint density at radius 3 is 2.64 bits per heavy atom. The van der Waals surface area contributed by atoms with E-state index < -0.39 is 11.2 Å². The zero-order valence-electron chi connectivity index (χ0n) is 13.6. The quantitative estimate of drug-likeness (QED) is 0.887. The maximum atomic E-state index is 11.2. The molecule has 0 aliphatic rings. The summed E-state index contributed by atoms with van der Waals surface area (Å²) in [4.78, 5) is 11.2. The van der Waals surface area contributed by atoms with E-state index in [1.165, 1.54) is 6.92 Å². The van der Waals surface area contributed by atoms with Gasteiger partial charge in [0.05, 0.1) is 23.2 Å². The van der Waals surface area contributed by atoms with Crippen LogP contribution in [0.5, 0.6) is 0 Å². The molecule has 0 unspecified atom stereocenters. The summed E-state index contributed by atoms with van der Waals surface area (Å²) < 4.78 is 11.0. The molecule has 120 valence electrons. The maximum Gasteiger partial charge on any atom is 0.222 e. The molecular formula is C16H22N2O4. The summed E-state index contributed by atoms with van der Waals surface area (Å²) in [7, 11) is 0. The van der Waals surface area contributed by atoms with Crippen LogP contribution in [0.3, 0.4) is 0 Å². The number of benzene rings is 1. The van der Waals surface area contributed by atoms with Crippen molar-refractivity contribution in [3.05, 3.63) is 23.8 Å². The molecule has 1 amide bonds. The Labute approximate surface area is 129 Å². The summed E-state index contributed by atoms with van der Waals surface area (Å²) in [5, 5.41) is 17.3. The summed E-state index contributed by atoms with van der Waals surface area (Å²) in [6.45, 7) is 8.86. The first kappa shape index (κ1) is 16.5. The fourth-order valence-corrected chi connectivity index (χ4v) is 1.77. The van der Waals surface area contributed by atoms with E-state index in [1.54, 1.807) is 19.9 Å². The molecule has 0 spiro atoms. The van der Waals surface area contributed by atoms with Crippen molar-refractivity contribution in [2.24, 2.45) is 0 Å². The van der Waals surface area contributed by atoms with Gasteiger partial charge in [0.25, 0.3) is 0 Å². The number of nitrogens with zero attached hydrogens (tertiary/aromatic N) is 1. The Kier molecular flexibility index (Phi) is 4.26. The van der Waals surface area contributed by atoms with Crippen molar-refractivity contribution >= 4 is 22.7 Å². The number of rotatable bonds is 5. The minimum atomic E-state index is -0.963. The number of hydrogen-bond donors (Lipinski definition) is 2. The van der Waals surface area contributed by atoms with Crippen LogP contribution in [0.1, 0.15) is 40.2 Å². The number of aliphatic hydroxyl groups is 1. The highest BCUT2D eigenvalue weighted by Crippen LogP contribution is 2.28. The van der Waals surface area contributed by atoms with Crippen molar-refractivity contribution in [2.75, 3.05) is 5.32 Å². The van der Waals surface area contributed by atoms with E-state index in [-0.39, 0.29) is 5.91 Å². The number of hydrogen-bond acceptors (Lipinski definition) is 5. The highest BCUT2D eigenvalue weighted by Gasteiger charge is 2.36. The molecule has 0 fully saturated rings. The molecule has 0 atom stereocenters. The van der Waals surface area contributed by atoms with Gasteiger partial charge in [0.2, 0.25) is 5.91 Å². The molecule has 2 aromatic rings. The Bertz CT molecular complexity index is 683. The predicted molar refractivity (Wildman–Crippen MR) is 83.5 cm³/mol. The van der Waals surface area contributed by atoms with Crippen LogP contribution in [0.15, 0.2) is 22.7 Å². The molecule has 1 aromatic heterocycles. The Morgan fingerprint density at radius 2 is 2.05 bits per heavy atom. The molecular weight excluding hydrogens is 284 g/mol. The van der Waals surface area contributed by atoms with Gasteiger partial charge in [0.1, 0.15) is 0 Å². The smallest absolute Gasteiger partial charge is 0.222 e. The second kappa shape index (κ2) is 5.70. The number of fused-ring (bicyclic) bond motifs is 1. The number of amides is 1. The van der Waals surface area contributed by atoms with E-state index in [9.17, 15) is 9.90 Å². The molecule has 0 saturated carbocycles. The Morgan fingerprint density at radius 1 is 1.36 bits per heavy atom. The van der Waals surface area contributed by atoms with E-state index in [2.05, 4.69) is 10.5 Å². The van der Waals surface area contributed by atoms with Gasteiger partial charge in [-0.3, -0.25) is 4.79 Å². The zero-order chi connectivity index (χ0) is 16.5. The van der Waals surface area contributed by atoms with Crippen LogP contribution in [0.2, 0.25) is 0 Å². The normalized spacial score (nSPS) is 12.6. The summed E-state index contributed by atoms with van der Waals surface area (Å²) in [5.74, 6) is 0.186. The van der Waals surface area contributed by atoms with Crippen LogP contribution in [0.25, 0.3) is 11.0 Å². The molecule has 6 heteroatoms. The second-order valence-corrected chi connectivity index (χ2v) is 6.40. The fourth-order valence-electron chi connectivity index (χ4n) is 1.77. The maximum absolute atomic E-state index is 11.2. The lowest BCUT2D eigenvalue weighted by atomic mass is 9.89. The Balaban J connectivity index is 2.20. The standard InChI is InChI=1S/C16H22N2O4/c1-10(19)17-14-12-8-11(6-7-13(12)22-18-14)9-21-16(4,5)15(2,3)20/h6-8,20H,9H2,1-5H3,(H,17,18,19). The van der Waals surface area contributed by atoms with Gasteiger partial charge >= 0.3 is 0 Å². The molecule has 0 saturated heterocycles. The Hall–Kier alpha value is -1.92. The van der Waals surface area contributed by atoms with Crippen molar-refractivity contribution in [1.82, 2.24) is 5.16 Å². The summed E-state index contributed by atoms with van der Waals surface area (Å²) in [6.07, 6.45) is 0. The molecule has 2 rings (SSSR count). The lowest BCUT2D eigenvalue weighted by molar-refractivity contribution is -0.153. The van der Waals surface area contributed by atoms with Crippen molar-refractivity contribution in [3.8, 4) is 0 Å². The second-order valence-electron chi connectivity index (χ2n) is 6.40. The molecule has 2 N–H and O–H groups in total. The predicted octanol–water partition coefficient (Wildman–Crippen LogP) is 2.85. The fraction of sp³-hybridized carbons (Fsp3) is 0.500. The lowest BCUT2D eigenvalue weighted by Gasteiger charge is -2.37. The third-order valence-electron chi connectivity index (χ3n) is 3.90. The minimum absolute atomic E-state index is 0.208. The number of ether oxygens (including phenoxy) is 1. The monoisotopic (exact) mass is 306 g/mol. The first-order chi connectivity index (χ1) is 10.1. The van der Waals surface area contributed by atoms with Gasteiger partial charge in [-0.2, -0.15) is 0 Å². The molecule has 22 heavy (non-hydrogen) atoms. The molecule has 0 radical (unpaired) electrons. The van der Waals surface area contributed by atoms with Gasteiger partial charge in [0, 0.05) is 6.92 Å². The van der Waals surface area contributed by atoms with Gasteiger partial charge in [-0.1, -0.05) is 11.2 Å². The van der Waals surface area contributed by atoms with Crippen LogP contribution in [0, 0.1) is 0 Å². The summed E-state index contributed by atoms with van der Waals surface area (Å²) >= 11 is 0. The number of anilines is 1. The molecule has 0 aliphatic carbocycles. The van der Waals surface area contributed by atoms with Gasteiger partial charge in [-0.25, -0.2) is 0 Å². The van der Waals surface area contributed by atoms with Gasteiger partial charge < -0.3 is 19.7 Å². The van der Waals surface area contributed by atoms with Crippen LogP contribution in [-0.2, 0) is 16.1 Å². The first-order valence-electron chi connectivity index (χ1n) is 7.12. The molecule has 1 heterocycles. The van der Waals surface area contributed by atoms with Gasteiger partial charge in [-0.15, -0.1) is 0 Å². The van der Waals surface area contributed by atoms with Crippen LogP contribution in [0.4, 0.5) is 5.82 Å². The van der Waals surface area contributed by atoms with Crippen molar-refractivity contribution in [1.29, 1.82) is 0 Å². The number of aromatic nitrogens is 1. The van der Waals surface area contributed by atoms with Gasteiger partial charge in [-0.05, 0) is 45.4 Å². The summed E-state index contributed by atoms with van der Waals surface area (Å²) in [5.41, 5.74) is -0.166. The summed E-state index contributed by atoms with van der Waals surface area (Å²) in [6, 6.07) is 5.51. The molecule has 1 aromatic carbocycles. The molecule has 0 aliphatic heterocycles. The van der Waals surface area contributed by atoms with E-state index in [4.69, 9.17) is 9.26 Å². The van der Waals surface area contributed by atoms with Gasteiger partial charge in [0.15, 0.2) is 11.4 Å². The average molecular weight is 306 g/mol. The minimum Gasteiger partial charge on any atom is -0.387 e.